The Kier molecular flexibility index (Phi) is 3.99. The van der Waals surface area contributed by atoms with Crippen molar-refractivity contribution in [2.45, 2.75) is 0 Å². The van der Waals surface area contributed by atoms with Crippen LogP contribution >= 0.6 is 11.6 Å². The van der Waals surface area contributed by atoms with E-state index in [-0.39, 0.29) is 5.69 Å². The third-order valence-electron chi connectivity index (χ3n) is 3.54. The van der Waals surface area contributed by atoms with Crippen molar-refractivity contribution in [2.75, 3.05) is 5.43 Å². The van der Waals surface area contributed by atoms with Crippen LogP contribution in [0, 0.1) is 10.1 Å². The molecule has 116 valence electrons. The predicted octanol–water partition coefficient (Wildman–Crippen LogP) is 4.19. The number of aryl methyl sites for hydroxylation is 1. The van der Waals surface area contributed by atoms with Gasteiger partial charge in [0.2, 0.25) is 0 Å². The average Bonchev–Trinajstić information content (AvgIpc) is 2.81. The highest BCUT2D eigenvalue weighted by atomic mass is 35.5. The third kappa shape index (κ3) is 2.89. The first kappa shape index (κ1) is 15.1. The van der Waals surface area contributed by atoms with Crippen LogP contribution in [0.2, 0.25) is 5.15 Å². The lowest BCUT2D eigenvalue weighted by molar-refractivity contribution is -0.384. The molecule has 0 saturated carbocycles. The first-order chi connectivity index (χ1) is 11.1. The number of aromatic nitrogens is 1. The molecule has 0 aliphatic heterocycles. The monoisotopic (exact) mass is 328 g/mol. The molecule has 0 atom stereocenters. The number of halogens is 1. The molecular weight excluding hydrogens is 316 g/mol. The summed E-state index contributed by atoms with van der Waals surface area (Å²) in [6, 6.07) is 13.9. The number of rotatable bonds is 4. The molecule has 7 heteroatoms. The Morgan fingerprint density at radius 1 is 1.22 bits per heavy atom. The highest BCUT2D eigenvalue weighted by Gasteiger charge is 2.11. The van der Waals surface area contributed by atoms with E-state index in [1.54, 1.807) is 18.3 Å². The number of anilines is 1. The largest absolute Gasteiger partial charge is 0.334 e. The molecule has 0 unspecified atom stereocenters. The number of benzene rings is 2. The second-order valence-electron chi connectivity index (χ2n) is 4.95. The zero-order valence-electron chi connectivity index (χ0n) is 12.2. The van der Waals surface area contributed by atoms with Gasteiger partial charge >= 0.3 is 0 Å². The Bertz CT molecular complexity index is 900. The summed E-state index contributed by atoms with van der Waals surface area (Å²) in [4.78, 5) is 10.2. The minimum atomic E-state index is -0.442. The van der Waals surface area contributed by atoms with Crippen LogP contribution in [0.25, 0.3) is 10.9 Å². The van der Waals surface area contributed by atoms with Crippen LogP contribution in [0.3, 0.4) is 0 Å². The number of hydrazone groups is 1. The molecule has 0 aliphatic rings. The number of fused-ring (bicyclic) bond motifs is 1. The van der Waals surface area contributed by atoms with Gasteiger partial charge in [0.1, 0.15) is 5.15 Å². The number of nitro groups is 1. The van der Waals surface area contributed by atoms with Crippen LogP contribution in [0.4, 0.5) is 11.4 Å². The van der Waals surface area contributed by atoms with Gasteiger partial charge in [-0.3, -0.25) is 15.5 Å². The van der Waals surface area contributed by atoms with Crippen molar-refractivity contribution in [3.63, 3.8) is 0 Å². The van der Waals surface area contributed by atoms with E-state index in [9.17, 15) is 10.1 Å². The second-order valence-corrected chi connectivity index (χ2v) is 5.31. The number of nitro benzene ring substituents is 1. The molecule has 0 fully saturated rings. The predicted molar refractivity (Wildman–Crippen MR) is 92.2 cm³/mol. The third-order valence-corrected chi connectivity index (χ3v) is 3.99. The summed E-state index contributed by atoms with van der Waals surface area (Å²) in [5.41, 5.74) is 5.37. The molecule has 2 aromatic carbocycles. The minimum Gasteiger partial charge on any atom is -0.334 e. The molecule has 0 bridgehead atoms. The molecule has 1 aromatic heterocycles. The Morgan fingerprint density at radius 2 is 1.91 bits per heavy atom. The fourth-order valence-electron chi connectivity index (χ4n) is 2.34. The van der Waals surface area contributed by atoms with E-state index in [0.717, 1.165) is 16.5 Å². The standard InChI is InChI=1S/C16H13ClN4O2/c1-20-15-5-3-2-4-13(15)14(16(20)17)10-18-19-11-6-8-12(9-7-11)21(22)23/h2-10,19H,1H3/b18-10-. The van der Waals surface area contributed by atoms with Crippen molar-refractivity contribution >= 4 is 40.1 Å². The van der Waals surface area contributed by atoms with Crippen molar-refractivity contribution in [1.29, 1.82) is 0 Å². The van der Waals surface area contributed by atoms with E-state index in [0.29, 0.717) is 10.8 Å². The molecule has 23 heavy (non-hydrogen) atoms. The lowest BCUT2D eigenvalue weighted by Crippen LogP contribution is -1.92. The fourth-order valence-corrected chi connectivity index (χ4v) is 2.58. The van der Waals surface area contributed by atoms with E-state index < -0.39 is 4.92 Å². The molecule has 6 nitrogen and oxygen atoms in total. The number of nitrogens with one attached hydrogen (secondary N) is 1. The first-order valence-electron chi connectivity index (χ1n) is 6.84. The van der Waals surface area contributed by atoms with Gasteiger partial charge in [-0.2, -0.15) is 5.10 Å². The SMILES string of the molecule is Cn1c(Cl)c(/C=N\Nc2ccc([N+](=O)[O-])cc2)c2ccccc21. The molecular formula is C16H13ClN4O2. The molecule has 0 radical (unpaired) electrons. The van der Waals surface area contributed by atoms with E-state index >= 15 is 0 Å². The highest BCUT2D eigenvalue weighted by molar-refractivity contribution is 6.34. The lowest BCUT2D eigenvalue weighted by atomic mass is 10.2. The summed E-state index contributed by atoms with van der Waals surface area (Å²) in [5, 5.41) is 16.4. The molecule has 3 rings (SSSR count). The number of nitrogens with zero attached hydrogens (tertiary/aromatic N) is 3. The molecule has 0 spiro atoms. The topological polar surface area (TPSA) is 72.5 Å². The number of hydrogen-bond donors (Lipinski definition) is 1. The quantitative estimate of drug-likeness (QED) is 0.443. The summed E-state index contributed by atoms with van der Waals surface area (Å²) in [5.74, 6) is 0. The summed E-state index contributed by atoms with van der Waals surface area (Å²) in [6.45, 7) is 0. The molecule has 1 heterocycles. The Balaban J connectivity index is 1.83. The van der Waals surface area contributed by atoms with Gasteiger partial charge in [0.05, 0.1) is 16.8 Å². The normalized spacial score (nSPS) is 11.2. The molecule has 0 saturated heterocycles. The van der Waals surface area contributed by atoms with Crippen LogP contribution in [0.5, 0.6) is 0 Å². The first-order valence-corrected chi connectivity index (χ1v) is 7.22. The van der Waals surface area contributed by atoms with Gasteiger partial charge < -0.3 is 4.57 Å². The Morgan fingerprint density at radius 3 is 2.61 bits per heavy atom. The molecule has 0 amide bonds. The van der Waals surface area contributed by atoms with Crippen molar-refractivity contribution in [3.8, 4) is 0 Å². The fraction of sp³-hybridized carbons (Fsp3) is 0.0625. The highest BCUT2D eigenvalue weighted by Crippen LogP contribution is 2.27. The van der Waals surface area contributed by atoms with E-state index in [1.807, 2.05) is 35.9 Å². The number of non-ortho nitro benzene ring substituents is 1. The molecule has 1 N–H and O–H groups in total. The second kappa shape index (κ2) is 6.10. The van der Waals surface area contributed by atoms with Crippen molar-refractivity contribution in [3.05, 3.63) is 69.4 Å². The molecule has 3 aromatic rings. The van der Waals surface area contributed by atoms with Gasteiger partial charge in [0.15, 0.2) is 0 Å². The van der Waals surface area contributed by atoms with E-state index in [1.165, 1.54) is 12.1 Å². The maximum atomic E-state index is 10.6. The van der Waals surface area contributed by atoms with Crippen molar-refractivity contribution in [1.82, 2.24) is 4.57 Å². The Labute approximate surface area is 137 Å². The average molecular weight is 329 g/mol. The lowest BCUT2D eigenvalue weighted by Gasteiger charge is -1.99. The van der Waals surface area contributed by atoms with Gasteiger partial charge in [-0.25, -0.2) is 0 Å². The van der Waals surface area contributed by atoms with Gasteiger partial charge in [-0.05, 0) is 18.2 Å². The van der Waals surface area contributed by atoms with Crippen LogP contribution in [0.15, 0.2) is 53.6 Å². The van der Waals surface area contributed by atoms with Crippen LogP contribution in [0.1, 0.15) is 5.56 Å². The summed E-state index contributed by atoms with van der Waals surface area (Å²) in [6.07, 6.45) is 1.64. The minimum absolute atomic E-state index is 0.0385. The number of hydrogen-bond acceptors (Lipinski definition) is 4. The van der Waals surface area contributed by atoms with Gasteiger partial charge in [0, 0.05) is 35.6 Å². The van der Waals surface area contributed by atoms with Crippen LogP contribution in [-0.2, 0) is 7.05 Å². The van der Waals surface area contributed by atoms with Crippen LogP contribution < -0.4 is 5.43 Å². The van der Waals surface area contributed by atoms with E-state index in [4.69, 9.17) is 11.6 Å². The zero-order chi connectivity index (χ0) is 16.4. The molecule has 0 aliphatic carbocycles. The van der Waals surface area contributed by atoms with E-state index in [2.05, 4.69) is 10.5 Å². The summed E-state index contributed by atoms with van der Waals surface area (Å²) in [7, 11) is 1.89. The van der Waals surface area contributed by atoms with Gasteiger partial charge in [-0.15, -0.1) is 0 Å². The maximum absolute atomic E-state index is 10.6. The van der Waals surface area contributed by atoms with Gasteiger partial charge in [0.25, 0.3) is 5.69 Å². The smallest absolute Gasteiger partial charge is 0.269 e. The Hall–Kier alpha value is -2.86. The van der Waals surface area contributed by atoms with Crippen molar-refractivity contribution < 1.29 is 4.92 Å². The number of para-hydroxylation sites is 1. The summed E-state index contributed by atoms with van der Waals surface area (Å²) < 4.78 is 1.89. The van der Waals surface area contributed by atoms with Gasteiger partial charge in [-0.1, -0.05) is 29.8 Å². The summed E-state index contributed by atoms with van der Waals surface area (Å²) >= 11 is 6.34. The zero-order valence-corrected chi connectivity index (χ0v) is 13.0. The maximum Gasteiger partial charge on any atom is 0.269 e. The van der Waals surface area contributed by atoms with Crippen molar-refractivity contribution in [2.24, 2.45) is 12.1 Å². The van der Waals surface area contributed by atoms with Crippen LogP contribution in [-0.4, -0.2) is 15.7 Å².